The monoisotopic (exact) mass is 382 g/mol. The molecule has 118 valence electrons. The molecule has 2 rings (SSSR count). The van der Waals surface area contributed by atoms with Crippen LogP contribution in [0.15, 0.2) is 53.0 Å². The molecule has 0 bridgehead atoms. The van der Waals surface area contributed by atoms with Crippen molar-refractivity contribution in [1.82, 2.24) is 0 Å². The molecule has 1 N–H and O–H groups in total. The van der Waals surface area contributed by atoms with Crippen LogP contribution in [-0.4, -0.2) is 18.3 Å². The number of aromatic hydroxyl groups is 1. The molecule has 22 heavy (non-hydrogen) atoms. The third-order valence-corrected chi connectivity index (χ3v) is 5.69. The Morgan fingerprint density at radius 1 is 0.909 bits per heavy atom. The fourth-order valence-corrected chi connectivity index (χ4v) is 4.16. The van der Waals surface area contributed by atoms with Crippen LogP contribution in [0.5, 0.6) is 5.75 Å². The van der Waals surface area contributed by atoms with Crippen molar-refractivity contribution in [3.8, 4) is 5.75 Å². The third kappa shape index (κ3) is 4.53. The minimum atomic E-state index is -1.09. The minimum absolute atomic E-state index is 0.0172. The van der Waals surface area contributed by atoms with E-state index >= 15 is 0 Å². The maximum atomic E-state index is 9.53. The number of rotatable bonds is 7. The van der Waals surface area contributed by atoms with Crippen LogP contribution in [0.1, 0.15) is 30.6 Å². The van der Waals surface area contributed by atoms with Crippen LogP contribution < -0.4 is 0 Å². The first-order valence-electron chi connectivity index (χ1n) is 7.25. The quantitative estimate of drug-likeness (QED) is 0.630. The Morgan fingerprint density at radius 2 is 1.36 bits per heavy atom. The van der Waals surface area contributed by atoms with Gasteiger partial charge < -0.3 is 14.2 Å². The Bertz CT molecular complexity index is 520. The summed E-state index contributed by atoms with van der Waals surface area (Å²) in [6.45, 7) is 5.17. The number of benzene rings is 2. The molecule has 0 heterocycles. The molecule has 2 aromatic rings. The van der Waals surface area contributed by atoms with Crippen LogP contribution in [0.2, 0.25) is 0 Å². The number of phenolic OH excluding ortho intramolecular Hbond substituents is 1. The van der Waals surface area contributed by atoms with Crippen molar-refractivity contribution in [1.29, 1.82) is 0 Å². The maximum absolute atomic E-state index is 9.53. The van der Waals surface area contributed by atoms with Crippen LogP contribution in [0.25, 0.3) is 0 Å². The molecule has 0 aliphatic rings. The van der Waals surface area contributed by atoms with E-state index in [1.54, 1.807) is 12.1 Å². The molecule has 0 saturated carbocycles. The fraction of sp³-hybridized carbons (Fsp3) is 0.294. The largest absolute Gasteiger partial charge is 0.508 e. The molecule has 0 aliphatic carbocycles. The van der Waals surface area contributed by atoms with Crippen molar-refractivity contribution in [3.05, 3.63) is 64.1 Å². The number of hydrogen-bond donors (Lipinski definition) is 1. The summed E-state index contributed by atoms with van der Waals surface area (Å²) in [7, 11) is -1.09. The van der Waals surface area contributed by atoms with Crippen molar-refractivity contribution in [2.45, 2.75) is 19.5 Å². The Balaban J connectivity index is 2.42. The Morgan fingerprint density at radius 3 is 1.82 bits per heavy atom. The van der Waals surface area contributed by atoms with Gasteiger partial charge in [0.15, 0.2) is 8.38 Å². The highest BCUT2D eigenvalue weighted by molar-refractivity contribution is 9.10. The lowest BCUT2D eigenvalue weighted by Gasteiger charge is -2.26. The molecule has 1 atom stereocenters. The van der Waals surface area contributed by atoms with E-state index in [4.69, 9.17) is 9.05 Å². The predicted octanol–water partition coefficient (Wildman–Crippen LogP) is 5.63. The Labute approximate surface area is 141 Å². The molecule has 0 aliphatic heterocycles. The van der Waals surface area contributed by atoms with Gasteiger partial charge in [-0.1, -0.05) is 40.2 Å². The zero-order chi connectivity index (χ0) is 15.9. The molecular weight excluding hydrogens is 363 g/mol. The van der Waals surface area contributed by atoms with Gasteiger partial charge in [0.05, 0.1) is 18.9 Å². The first-order valence-corrected chi connectivity index (χ1v) is 9.29. The highest BCUT2D eigenvalue weighted by atomic mass is 79.9. The van der Waals surface area contributed by atoms with E-state index in [9.17, 15) is 5.11 Å². The molecule has 0 fully saturated rings. The third-order valence-electron chi connectivity index (χ3n) is 3.12. The van der Waals surface area contributed by atoms with Crippen LogP contribution in [0.4, 0.5) is 0 Å². The second-order valence-corrected chi connectivity index (χ2v) is 7.19. The van der Waals surface area contributed by atoms with Crippen molar-refractivity contribution >= 4 is 24.3 Å². The lowest BCUT2D eigenvalue weighted by Crippen LogP contribution is -2.04. The van der Waals surface area contributed by atoms with Crippen molar-refractivity contribution in [3.63, 3.8) is 0 Å². The van der Waals surface area contributed by atoms with Gasteiger partial charge in [-0.15, -0.1) is 0 Å². The SMILES string of the molecule is CCOP(OCC)C(c1ccc(O)cc1)c1ccc(Br)cc1. The number of halogens is 1. The Kier molecular flexibility index (Phi) is 6.84. The zero-order valence-corrected chi connectivity index (χ0v) is 15.2. The highest BCUT2D eigenvalue weighted by Crippen LogP contribution is 2.56. The van der Waals surface area contributed by atoms with Gasteiger partial charge in [-0.3, -0.25) is 0 Å². The van der Waals surface area contributed by atoms with Gasteiger partial charge in [-0.05, 0) is 49.2 Å². The predicted molar refractivity (Wildman–Crippen MR) is 94.3 cm³/mol. The standard InChI is InChI=1S/C17H20BrO3P/c1-3-20-22(21-4-2)17(13-5-9-15(18)10-6-13)14-7-11-16(19)12-8-14/h5-12,17,19H,3-4H2,1-2H3. The Hall–Kier alpha value is -0.930. The van der Waals surface area contributed by atoms with Crippen LogP contribution in [0.3, 0.4) is 0 Å². The summed E-state index contributed by atoms with van der Waals surface area (Å²) in [6.07, 6.45) is 0. The van der Waals surface area contributed by atoms with Gasteiger partial charge in [0.2, 0.25) is 0 Å². The molecule has 3 nitrogen and oxygen atoms in total. The summed E-state index contributed by atoms with van der Waals surface area (Å²) >= 11 is 3.47. The molecule has 1 unspecified atom stereocenters. The van der Waals surface area contributed by atoms with E-state index < -0.39 is 8.38 Å². The number of hydrogen-bond acceptors (Lipinski definition) is 3. The van der Waals surface area contributed by atoms with Gasteiger partial charge in [0.25, 0.3) is 0 Å². The second kappa shape index (κ2) is 8.64. The first-order chi connectivity index (χ1) is 10.7. The van der Waals surface area contributed by atoms with Crippen LogP contribution in [-0.2, 0) is 9.05 Å². The minimum Gasteiger partial charge on any atom is -0.508 e. The van der Waals surface area contributed by atoms with E-state index in [0.29, 0.717) is 13.2 Å². The van der Waals surface area contributed by atoms with Crippen molar-refractivity contribution in [2.75, 3.05) is 13.2 Å². The number of phenols is 1. The van der Waals surface area contributed by atoms with E-state index in [0.717, 1.165) is 15.6 Å². The zero-order valence-electron chi connectivity index (χ0n) is 12.7. The summed E-state index contributed by atoms with van der Waals surface area (Å²) in [5.41, 5.74) is 2.23. The summed E-state index contributed by atoms with van der Waals surface area (Å²) in [6, 6.07) is 15.5. The summed E-state index contributed by atoms with van der Waals surface area (Å²) < 4.78 is 12.8. The molecule has 2 aromatic carbocycles. The molecule has 0 amide bonds. The lowest BCUT2D eigenvalue weighted by atomic mass is 10.0. The van der Waals surface area contributed by atoms with E-state index in [1.807, 2.05) is 38.1 Å². The highest BCUT2D eigenvalue weighted by Gasteiger charge is 2.27. The molecule has 0 spiro atoms. The topological polar surface area (TPSA) is 38.7 Å². The van der Waals surface area contributed by atoms with Crippen LogP contribution in [0, 0.1) is 0 Å². The van der Waals surface area contributed by atoms with Gasteiger partial charge in [-0.2, -0.15) is 0 Å². The van der Waals surface area contributed by atoms with Crippen molar-refractivity contribution in [2.24, 2.45) is 0 Å². The van der Waals surface area contributed by atoms with Crippen molar-refractivity contribution < 1.29 is 14.2 Å². The fourth-order valence-electron chi connectivity index (χ4n) is 2.18. The maximum Gasteiger partial charge on any atom is 0.183 e. The summed E-state index contributed by atoms with van der Waals surface area (Å²) in [4.78, 5) is 0. The molecule has 0 aromatic heterocycles. The lowest BCUT2D eigenvalue weighted by molar-refractivity contribution is 0.265. The average Bonchev–Trinajstić information content (AvgIpc) is 2.52. The van der Waals surface area contributed by atoms with Gasteiger partial charge >= 0.3 is 0 Å². The van der Waals surface area contributed by atoms with Gasteiger partial charge in [0, 0.05) is 4.47 Å². The summed E-state index contributed by atoms with van der Waals surface area (Å²) in [5.74, 6) is 0.260. The molecule has 0 radical (unpaired) electrons. The molecule has 5 heteroatoms. The van der Waals surface area contributed by atoms with E-state index in [1.165, 1.54) is 0 Å². The van der Waals surface area contributed by atoms with E-state index in [-0.39, 0.29) is 11.4 Å². The molecular formula is C17H20BrO3P. The van der Waals surface area contributed by atoms with Crippen LogP contribution >= 0.6 is 24.3 Å². The summed E-state index contributed by atoms with van der Waals surface area (Å²) in [5, 5.41) is 9.53. The average molecular weight is 383 g/mol. The van der Waals surface area contributed by atoms with Gasteiger partial charge in [-0.25, -0.2) is 0 Å². The molecule has 0 saturated heterocycles. The second-order valence-electron chi connectivity index (χ2n) is 4.67. The normalized spacial score (nSPS) is 12.5. The smallest absolute Gasteiger partial charge is 0.183 e. The van der Waals surface area contributed by atoms with E-state index in [2.05, 4.69) is 28.1 Å². The van der Waals surface area contributed by atoms with Gasteiger partial charge in [0.1, 0.15) is 5.75 Å². The first kappa shape index (κ1) is 17.4.